The highest BCUT2D eigenvalue weighted by atomic mass is 32.2. The number of benzene rings is 1. The SMILES string of the molecule is CCc1ccc(C2=NNC(=NC[C@@H]3CCCO3)SC2)cc1. The molecule has 0 saturated carbocycles. The number of amidine groups is 1. The Hall–Kier alpha value is -1.33. The van der Waals surface area contributed by atoms with E-state index < -0.39 is 0 Å². The first-order valence-electron chi connectivity index (χ1n) is 7.56. The molecule has 5 heteroatoms. The van der Waals surface area contributed by atoms with E-state index in [0.29, 0.717) is 6.10 Å². The van der Waals surface area contributed by atoms with Gasteiger partial charge in [0.1, 0.15) is 0 Å². The monoisotopic (exact) mass is 303 g/mol. The van der Waals surface area contributed by atoms with Gasteiger partial charge in [-0.1, -0.05) is 43.0 Å². The second-order valence-electron chi connectivity index (χ2n) is 5.29. The second-order valence-corrected chi connectivity index (χ2v) is 6.25. The van der Waals surface area contributed by atoms with Crippen LogP contribution in [-0.2, 0) is 11.2 Å². The van der Waals surface area contributed by atoms with Crippen molar-refractivity contribution < 1.29 is 4.74 Å². The molecule has 1 N–H and O–H groups in total. The van der Waals surface area contributed by atoms with E-state index in [4.69, 9.17) is 4.74 Å². The second kappa shape index (κ2) is 7.09. The number of aliphatic imine (C=N–C) groups is 1. The maximum Gasteiger partial charge on any atom is 0.177 e. The third-order valence-electron chi connectivity index (χ3n) is 3.79. The number of hydrazone groups is 1. The molecule has 0 unspecified atom stereocenters. The number of thioether (sulfide) groups is 1. The van der Waals surface area contributed by atoms with Crippen LogP contribution >= 0.6 is 11.8 Å². The molecule has 3 rings (SSSR count). The van der Waals surface area contributed by atoms with Gasteiger partial charge in [0.05, 0.1) is 18.4 Å². The molecule has 0 amide bonds. The zero-order valence-corrected chi connectivity index (χ0v) is 13.2. The molecule has 1 aromatic rings. The number of ether oxygens (including phenoxy) is 1. The Kier molecular flexibility index (Phi) is 4.93. The predicted octanol–water partition coefficient (Wildman–Crippen LogP) is 2.82. The minimum atomic E-state index is 0.298. The van der Waals surface area contributed by atoms with E-state index >= 15 is 0 Å². The van der Waals surface area contributed by atoms with Crippen molar-refractivity contribution >= 4 is 22.6 Å². The lowest BCUT2D eigenvalue weighted by atomic mass is 10.1. The maximum absolute atomic E-state index is 5.58. The van der Waals surface area contributed by atoms with Gasteiger partial charge in [0.2, 0.25) is 0 Å². The van der Waals surface area contributed by atoms with E-state index in [2.05, 4.69) is 46.7 Å². The Morgan fingerprint density at radius 3 is 2.86 bits per heavy atom. The van der Waals surface area contributed by atoms with Crippen LogP contribution in [-0.4, -0.2) is 35.9 Å². The van der Waals surface area contributed by atoms with E-state index in [-0.39, 0.29) is 0 Å². The molecule has 2 heterocycles. The Labute approximate surface area is 130 Å². The van der Waals surface area contributed by atoms with Gasteiger partial charge in [-0.2, -0.15) is 5.10 Å². The average Bonchev–Trinajstić information content (AvgIpc) is 3.07. The molecule has 1 saturated heterocycles. The average molecular weight is 303 g/mol. The summed E-state index contributed by atoms with van der Waals surface area (Å²) in [7, 11) is 0. The van der Waals surface area contributed by atoms with Crippen LogP contribution in [0.25, 0.3) is 0 Å². The minimum absolute atomic E-state index is 0.298. The fraction of sp³-hybridized carbons (Fsp3) is 0.500. The molecule has 1 atom stereocenters. The van der Waals surface area contributed by atoms with Crippen LogP contribution in [0.5, 0.6) is 0 Å². The number of nitrogens with zero attached hydrogens (tertiary/aromatic N) is 2. The van der Waals surface area contributed by atoms with E-state index in [1.807, 2.05) is 0 Å². The molecule has 4 nitrogen and oxygen atoms in total. The Morgan fingerprint density at radius 2 is 2.24 bits per heavy atom. The third-order valence-corrected chi connectivity index (χ3v) is 4.70. The largest absolute Gasteiger partial charge is 0.376 e. The van der Waals surface area contributed by atoms with Crippen LogP contribution in [0.2, 0.25) is 0 Å². The van der Waals surface area contributed by atoms with Gasteiger partial charge in [0, 0.05) is 12.4 Å². The molecular formula is C16H21N3OS. The summed E-state index contributed by atoms with van der Waals surface area (Å²) in [6, 6.07) is 8.63. The van der Waals surface area contributed by atoms with Crippen molar-refractivity contribution in [2.75, 3.05) is 18.9 Å². The van der Waals surface area contributed by atoms with Gasteiger partial charge in [0.15, 0.2) is 5.17 Å². The molecule has 0 radical (unpaired) electrons. The smallest absolute Gasteiger partial charge is 0.177 e. The molecule has 1 fully saturated rings. The van der Waals surface area contributed by atoms with E-state index in [9.17, 15) is 0 Å². The maximum atomic E-state index is 5.58. The van der Waals surface area contributed by atoms with Gasteiger partial charge in [-0.25, -0.2) is 0 Å². The van der Waals surface area contributed by atoms with Gasteiger partial charge in [-0.15, -0.1) is 0 Å². The first-order chi connectivity index (χ1) is 10.3. The van der Waals surface area contributed by atoms with Crippen molar-refractivity contribution in [2.45, 2.75) is 32.3 Å². The topological polar surface area (TPSA) is 46.0 Å². The molecule has 0 aromatic heterocycles. The summed E-state index contributed by atoms with van der Waals surface area (Å²) in [4.78, 5) is 4.56. The molecule has 1 aromatic carbocycles. The molecule has 0 spiro atoms. The molecule has 0 aliphatic carbocycles. The minimum Gasteiger partial charge on any atom is -0.376 e. The molecule has 2 aliphatic rings. The van der Waals surface area contributed by atoms with Gasteiger partial charge >= 0.3 is 0 Å². The van der Waals surface area contributed by atoms with Gasteiger partial charge in [0.25, 0.3) is 0 Å². The Balaban J connectivity index is 1.58. The first kappa shape index (κ1) is 14.6. The van der Waals surface area contributed by atoms with Crippen molar-refractivity contribution in [3.8, 4) is 0 Å². The fourth-order valence-electron chi connectivity index (χ4n) is 2.45. The zero-order valence-electron chi connectivity index (χ0n) is 12.3. The third kappa shape index (κ3) is 3.86. The molecular weight excluding hydrogens is 282 g/mol. The predicted molar refractivity (Wildman–Crippen MR) is 89.2 cm³/mol. The number of hydrogen-bond acceptors (Lipinski definition) is 4. The van der Waals surface area contributed by atoms with Crippen LogP contribution < -0.4 is 5.43 Å². The Morgan fingerprint density at radius 1 is 1.38 bits per heavy atom. The highest BCUT2D eigenvalue weighted by Gasteiger charge is 2.17. The van der Waals surface area contributed by atoms with Crippen molar-refractivity contribution in [1.29, 1.82) is 0 Å². The summed E-state index contributed by atoms with van der Waals surface area (Å²) in [5.74, 6) is 0.864. The van der Waals surface area contributed by atoms with Crippen LogP contribution in [0, 0.1) is 0 Å². The summed E-state index contributed by atoms with van der Waals surface area (Å²) >= 11 is 1.71. The Bertz CT molecular complexity index is 533. The quantitative estimate of drug-likeness (QED) is 0.930. The van der Waals surface area contributed by atoms with Crippen LogP contribution in [0.1, 0.15) is 30.9 Å². The molecule has 2 aliphatic heterocycles. The van der Waals surface area contributed by atoms with Crippen molar-refractivity contribution in [3.05, 3.63) is 35.4 Å². The van der Waals surface area contributed by atoms with Crippen LogP contribution in [0.3, 0.4) is 0 Å². The summed E-state index contributed by atoms with van der Waals surface area (Å²) in [6.45, 7) is 3.79. The van der Waals surface area contributed by atoms with Crippen molar-refractivity contribution in [2.24, 2.45) is 10.1 Å². The first-order valence-corrected chi connectivity index (χ1v) is 8.54. The highest BCUT2D eigenvalue weighted by Crippen LogP contribution is 2.16. The van der Waals surface area contributed by atoms with Crippen molar-refractivity contribution in [1.82, 2.24) is 5.43 Å². The number of nitrogens with one attached hydrogen (secondary N) is 1. The van der Waals surface area contributed by atoms with Crippen LogP contribution in [0.4, 0.5) is 0 Å². The van der Waals surface area contributed by atoms with E-state index in [0.717, 1.165) is 49.0 Å². The number of aryl methyl sites for hydroxylation is 1. The van der Waals surface area contributed by atoms with Crippen molar-refractivity contribution in [3.63, 3.8) is 0 Å². The molecule has 0 bridgehead atoms. The van der Waals surface area contributed by atoms with Gasteiger partial charge in [-0.05, 0) is 30.4 Å². The highest BCUT2D eigenvalue weighted by molar-refractivity contribution is 8.14. The lowest BCUT2D eigenvalue weighted by Gasteiger charge is -2.15. The van der Waals surface area contributed by atoms with E-state index in [1.54, 1.807) is 11.8 Å². The lowest BCUT2D eigenvalue weighted by molar-refractivity contribution is 0.118. The summed E-state index contributed by atoms with van der Waals surface area (Å²) in [5.41, 5.74) is 6.69. The normalized spacial score (nSPS) is 24.0. The summed E-state index contributed by atoms with van der Waals surface area (Å²) in [6.07, 6.45) is 3.65. The summed E-state index contributed by atoms with van der Waals surface area (Å²) in [5, 5.41) is 5.36. The molecule has 21 heavy (non-hydrogen) atoms. The zero-order chi connectivity index (χ0) is 14.5. The summed E-state index contributed by atoms with van der Waals surface area (Å²) < 4.78 is 5.58. The molecule has 112 valence electrons. The van der Waals surface area contributed by atoms with Crippen LogP contribution in [0.15, 0.2) is 34.4 Å². The standard InChI is InChI=1S/C16H21N3OS/c1-2-12-5-7-13(8-6-12)15-11-21-16(19-18-15)17-10-14-4-3-9-20-14/h5-8,14H,2-4,9-11H2,1H3,(H,17,19)/t14-/m0/s1. The number of hydrogen-bond donors (Lipinski definition) is 1. The lowest BCUT2D eigenvalue weighted by Crippen LogP contribution is -2.26. The fourth-order valence-corrected chi connectivity index (χ4v) is 3.23. The number of rotatable bonds is 4. The van der Waals surface area contributed by atoms with E-state index in [1.165, 1.54) is 11.1 Å². The van der Waals surface area contributed by atoms with Gasteiger partial charge in [-0.3, -0.25) is 10.4 Å². The van der Waals surface area contributed by atoms with Gasteiger partial charge < -0.3 is 4.74 Å².